The summed E-state index contributed by atoms with van der Waals surface area (Å²) in [4.78, 5) is 10.9. The van der Waals surface area contributed by atoms with Gasteiger partial charge < -0.3 is 4.74 Å². The first kappa shape index (κ1) is 11.5. The maximum atomic E-state index is 10.9. The number of carbonyl (C=O) groups is 1. The summed E-state index contributed by atoms with van der Waals surface area (Å²) in [6.07, 6.45) is 2.65. The molecule has 0 saturated carbocycles. The second-order valence-corrected chi connectivity index (χ2v) is 3.57. The molecule has 0 atom stereocenters. The van der Waals surface area contributed by atoms with Crippen LogP contribution in [0.2, 0.25) is 0 Å². The van der Waals surface area contributed by atoms with Crippen LogP contribution in [0, 0.1) is 13.8 Å². The van der Waals surface area contributed by atoms with Crippen LogP contribution in [-0.4, -0.2) is 5.97 Å². The van der Waals surface area contributed by atoms with Gasteiger partial charge in [0.15, 0.2) is 0 Å². The highest BCUT2D eigenvalue weighted by atomic mass is 16.5. The third kappa shape index (κ3) is 2.69. The molecule has 2 nitrogen and oxygen atoms in total. The molecular weight excluding hydrogens is 188 g/mol. The summed E-state index contributed by atoms with van der Waals surface area (Å²) in [6.45, 7) is 9.14. The lowest BCUT2D eigenvalue weighted by Crippen LogP contribution is -2.04. The summed E-state index contributed by atoms with van der Waals surface area (Å²) in [6, 6.07) is 3.79. The highest BCUT2D eigenvalue weighted by Crippen LogP contribution is 2.25. The van der Waals surface area contributed by atoms with Crippen LogP contribution in [0.25, 0.3) is 0 Å². The number of ether oxygens (including phenoxy) is 1. The largest absolute Gasteiger partial charge is 0.426 e. The summed E-state index contributed by atoms with van der Waals surface area (Å²) in [5, 5.41) is 0. The van der Waals surface area contributed by atoms with Crippen LogP contribution in [0.1, 0.15) is 23.6 Å². The Kier molecular flexibility index (Phi) is 3.67. The third-order valence-corrected chi connectivity index (χ3v) is 2.39. The molecular formula is C13H16O2. The van der Waals surface area contributed by atoms with E-state index in [4.69, 9.17) is 4.74 Å². The highest BCUT2D eigenvalue weighted by molar-refractivity contribution is 5.70. The van der Waals surface area contributed by atoms with Crippen LogP contribution in [0.4, 0.5) is 0 Å². The molecule has 0 radical (unpaired) electrons. The first-order chi connectivity index (χ1) is 7.06. The Bertz CT molecular complexity index is 392. The molecule has 0 spiro atoms. The third-order valence-electron chi connectivity index (χ3n) is 2.39. The molecule has 0 aromatic heterocycles. The van der Waals surface area contributed by atoms with Crippen LogP contribution < -0.4 is 4.74 Å². The van der Waals surface area contributed by atoms with Crippen molar-refractivity contribution in [2.24, 2.45) is 0 Å². The Morgan fingerprint density at radius 3 is 2.67 bits per heavy atom. The molecule has 0 aliphatic carbocycles. The van der Waals surface area contributed by atoms with Gasteiger partial charge in [-0.15, -0.1) is 6.58 Å². The molecule has 1 rings (SSSR count). The maximum absolute atomic E-state index is 10.9. The van der Waals surface area contributed by atoms with Gasteiger partial charge in [-0.25, -0.2) is 0 Å². The quantitative estimate of drug-likeness (QED) is 0.430. The number of benzene rings is 1. The Hall–Kier alpha value is -1.57. The van der Waals surface area contributed by atoms with Gasteiger partial charge in [0, 0.05) is 6.92 Å². The summed E-state index contributed by atoms with van der Waals surface area (Å²) in [7, 11) is 0. The van der Waals surface area contributed by atoms with Crippen molar-refractivity contribution < 1.29 is 9.53 Å². The Labute approximate surface area is 90.6 Å². The predicted molar refractivity (Wildman–Crippen MR) is 61.1 cm³/mol. The van der Waals surface area contributed by atoms with E-state index in [1.165, 1.54) is 18.1 Å². The minimum atomic E-state index is -0.286. The Morgan fingerprint density at radius 2 is 2.13 bits per heavy atom. The summed E-state index contributed by atoms with van der Waals surface area (Å²) in [5.74, 6) is 0.358. The normalized spacial score (nSPS) is 9.80. The zero-order valence-corrected chi connectivity index (χ0v) is 9.46. The second kappa shape index (κ2) is 4.78. The van der Waals surface area contributed by atoms with Gasteiger partial charge in [0.25, 0.3) is 0 Å². The van der Waals surface area contributed by atoms with E-state index >= 15 is 0 Å². The number of carbonyl (C=O) groups excluding carboxylic acids is 1. The van der Waals surface area contributed by atoms with E-state index < -0.39 is 0 Å². The second-order valence-electron chi connectivity index (χ2n) is 3.57. The van der Waals surface area contributed by atoms with E-state index in [1.54, 1.807) is 0 Å². The van der Waals surface area contributed by atoms with Crippen molar-refractivity contribution in [3.05, 3.63) is 41.5 Å². The van der Waals surface area contributed by atoms with Gasteiger partial charge in [-0.3, -0.25) is 4.79 Å². The van der Waals surface area contributed by atoms with Crippen molar-refractivity contribution in [3.63, 3.8) is 0 Å². The molecule has 0 heterocycles. The van der Waals surface area contributed by atoms with Gasteiger partial charge in [-0.05, 0) is 43.0 Å². The lowest BCUT2D eigenvalue weighted by molar-refractivity contribution is -0.131. The average molecular weight is 204 g/mol. The van der Waals surface area contributed by atoms with Crippen molar-refractivity contribution in [2.45, 2.75) is 27.2 Å². The lowest BCUT2D eigenvalue weighted by Gasteiger charge is -2.12. The van der Waals surface area contributed by atoms with E-state index in [2.05, 4.69) is 6.58 Å². The number of aryl methyl sites for hydroxylation is 1. The minimum Gasteiger partial charge on any atom is -0.426 e. The SMILES string of the molecule is C=CCc1c(C)ccc(OC(C)=O)c1C. The fourth-order valence-corrected chi connectivity index (χ4v) is 1.59. The van der Waals surface area contributed by atoms with Gasteiger partial charge in [0.1, 0.15) is 5.75 Å². The maximum Gasteiger partial charge on any atom is 0.308 e. The fourth-order valence-electron chi connectivity index (χ4n) is 1.59. The predicted octanol–water partition coefficient (Wildman–Crippen LogP) is 2.96. The number of hydrogen-bond acceptors (Lipinski definition) is 2. The standard InChI is InChI=1S/C13H16O2/c1-5-6-12-9(2)7-8-13(10(12)3)15-11(4)14/h5,7-8H,1,6H2,2-4H3. The van der Waals surface area contributed by atoms with Crippen molar-refractivity contribution in [1.82, 2.24) is 0 Å². The molecule has 1 aromatic carbocycles. The smallest absolute Gasteiger partial charge is 0.308 e. The molecule has 0 fully saturated rings. The lowest BCUT2D eigenvalue weighted by atomic mass is 9.99. The molecule has 0 saturated heterocycles. The van der Waals surface area contributed by atoms with Gasteiger partial charge in [-0.2, -0.15) is 0 Å². The van der Waals surface area contributed by atoms with Gasteiger partial charge >= 0.3 is 5.97 Å². The number of rotatable bonds is 3. The van der Waals surface area contributed by atoms with Gasteiger partial charge in [0.2, 0.25) is 0 Å². The van der Waals surface area contributed by atoms with Crippen LogP contribution in [-0.2, 0) is 11.2 Å². The van der Waals surface area contributed by atoms with Crippen LogP contribution in [0.15, 0.2) is 24.8 Å². The van der Waals surface area contributed by atoms with Gasteiger partial charge in [-0.1, -0.05) is 12.1 Å². The summed E-state index contributed by atoms with van der Waals surface area (Å²) >= 11 is 0. The van der Waals surface area contributed by atoms with Crippen LogP contribution in [0.3, 0.4) is 0 Å². The summed E-state index contributed by atoms with van der Waals surface area (Å²) in [5.41, 5.74) is 3.40. The van der Waals surface area contributed by atoms with E-state index in [0.29, 0.717) is 5.75 Å². The molecule has 0 amide bonds. The first-order valence-corrected chi connectivity index (χ1v) is 4.94. The number of esters is 1. The molecule has 1 aromatic rings. The Balaban J connectivity index is 3.15. The van der Waals surface area contributed by atoms with E-state index in [1.807, 2.05) is 32.1 Å². The Morgan fingerprint density at radius 1 is 1.47 bits per heavy atom. The molecule has 15 heavy (non-hydrogen) atoms. The molecule has 2 heteroatoms. The minimum absolute atomic E-state index is 0.286. The van der Waals surface area contributed by atoms with Crippen LogP contribution >= 0.6 is 0 Å². The molecule has 0 unspecified atom stereocenters. The monoisotopic (exact) mass is 204 g/mol. The molecule has 80 valence electrons. The van der Waals surface area contributed by atoms with Crippen LogP contribution in [0.5, 0.6) is 5.75 Å². The van der Waals surface area contributed by atoms with E-state index in [9.17, 15) is 4.79 Å². The van der Waals surface area contributed by atoms with Crippen molar-refractivity contribution in [3.8, 4) is 5.75 Å². The number of allylic oxidation sites excluding steroid dienone is 1. The molecule has 0 bridgehead atoms. The van der Waals surface area contributed by atoms with Crippen molar-refractivity contribution >= 4 is 5.97 Å². The van der Waals surface area contributed by atoms with Crippen molar-refractivity contribution in [2.75, 3.05) is 0 Å². The molecule has 0 aliphatic heterocycles. The van der Waals surface area contributed by atoms with Crippen molar-refractivity contribution in [1.29, 1.82) is 0 Å². The topological polar surface area (TPSA) is 26.3 Å². The van der Waals surface area contributed by atoms with Gasteiger partial charge in [0.05, 0.1) is 0 Å². The molecule has 0 aliphatic rings. The summed E-state index contributed by atoms with van der Waals surface area (Å²) < 4.78 is 5.11. The highest BCUT2D eigenvalue weighted by Gasteiger charge is 2.08. The zero-order chi connectivity index (χ0) is 11.4. The fraction of sp³-hybridized carbons (Fsp3) is 0.308. The zero-order valence-electron chi connectivity index (χ0n) is 9.46. The van der Waals surface area contributed by atoms with E-state index in [0.717, 1.165) is 12.0 Å². The molecule has 0 N–H and O–H groups in total. The first-order valence-electron chi connectivity index (χ1n) is 4.94. The number of hydrogen-bond donors (Lipinski definition) is 0. The van der Waals surface area contributed by atoms with E-state index in [-0.39, 0.29) is 5.97 Å². The average Bonchev–Trinajstić information content (AvgIpc) is 2.16.